The molecule has 2 aromatic carbocycles. The van der Waals surface area contributed by atoms with E-state index in [0.717, 1.165) is 41.3 Å². The lowest BCUT2D eigenvalue weighted by Crippen LogP contribution is -2.31. The van der Waals surface area contributed by atoms with E-state index < -0.39 is 10.8 Å². The third kappa shape index (κ3) is 5.62. The van der Waals surface area contributed by atoms with Crippen molar-refractivity contribution in [3.8, 4) is 11.5 Å². The summed E-state index contributed by atoms with van der Waals surface area (Å²) in [5.41, 5.74) is 0.465. The van der Waals surface area contributed by atoms with E-state index in [9.17, 15) is 24.8 Å². The fourth-order valence-corrected chi connectivity index (χ4v) is 4.14. The number of ether oxygens (including phenoxy) is 1. The molecule has 0 bridgehead atoms. The summed E-state index contributed by atoms with van der Waals surface area (Å²) in [4.78, 5) is 37.0. The Bertz CT molecular complexity index is 1100. The SMILES string of the molecule is CCOc1ccc(/C=C2\SC(=S)N(CCC(=O)Nc3cc([N+](=O)[O-])ccc3O)C2=O)cc1. The normalized spacial score (nSPS) is 14.7. The molecule has 0 spiro atoms. The van der Waals surface area contributed by atoms with E-state index >= 15 is 0 Å². The summed E-state index contributed by atoms with van der Waals surface area (Å²) < 4.78 is 5.73. The number of nitrogens with one attached hydrogen (secondary N) is 1. The van der Waals surface area contributed by atoms with Crippen molar-refractivity contribution in [3.05, 3.63) is 63.0 Å². The van der Waals surface area contributed by atoms with Gasteiger partial charge in [0.2, 0.25) is 5.91 Å². The number of carbonyl (C=O) groups excluding carboxylic acids is 2. The summed E-state index contributed by atoms with van der Waals surface area (Å²) in [5, 5.41) is 23.1. The van der Waals surface area contributed by atoms with Gasteiger partial charge in [0.25, 0.3) is 11.6 Å². The van der Waals surface area contributed by atoms with Crippen molar-refractivity contribution in [1.82, 2.24) is 4.90 Å². The standard InChI is InChI=1S/C21H19N3O6S2/c1-2-30-15-6-3-13(4-7-15)11-18-20(27)23(21(31)32-18)10-9-19(26)22-16-12-14(24(28)29)5-8-17(16)25/h3-8,11-12,25H,2,9-10H2,1H3,(H,22,26)/b18-11-. The molecule has 0 aliphatic carbocycles. The average molecular weight is 474 g/mol. The largest absolute Gasteiger partial charge is 0.506 e. The van der Waals surface area contributed by atoms with Gasteiger partial charge in [-0.1, -0.05) is 36.1 Å². The predicted octanol–water partition coefficient (Wildman–Crippen LogP) is 3.93. The first kappa shape index (κ1) is 23.2. The Kier molecular flexibility index (Phi) is 7.44. The molecule has 2 N–H and O–H groups in total. The summed E-state index contributed by atoms with van der Waals surface area (Å²) in [5.74, 6) is -0.393. The van der Waals surface area contributed by atoms with Gasteiger partial charge in [-0.15, -0.1) is 0 Å². The number of nitrogens with zero attached hydrogens (tertiary/aromatic N) is 2. The summed E-state index contributed by atoms with van der Waals surface area (Å²) in [7, 11) is 0. The number of thiocarbonyl (C=S) groups is 1. The Morgan fingerprint density at radius 3 is 2.69 bits per heavy atom. The minimum atomic E-state index is -0.633. The van der Waals surface area contributed by atoms with Crippen LogP contribution in [0.5, 0.6) is 11.5 Å². The van der Waals surface area contributed by atoms with Crippen LogP contribution in [0.4, 0.5) is 11.4 Å². The van der Waals surface area contributed by atoms with Crippen molar-refractivity contribution in [1.29, 1.82) is 0 Å². The van der Waals surface area contributed by atoms with Crippen LogP contribution in [0.3, 0.4) is 0 Å². The van der Waals surface area contributed by atoms with E-state index in [1.165, 1.54) is 4.90 Å². The van der Waals surface area contributed by atoms with Gasteiger partial charge in [0.15, 0.2) is 0 Å². The van der Waals surface area contributed by atoms with Crippen molar-refractivity contribution < 1.29 is 24.4 Å². The Morgan fingerprint density at radius 1 is 1.31 bits per heavy atom. The number of aromatic hydroxyl groups is 1. The number of amides is 2. The summed E-state index contributed by atoms with van der Waals surface area (Å²) in [6.45, 7) is 2.49. The van der Waals surface area contributed by atoms with Gasteiger partial charge in [0.1, 0.15) is 15.8 Å². The maximum Gasteiger partial charge on any atom is 0.271 e. The number of hydrogen-bond donors (Lipinski definition) is 2. The summed E-state index contributed by atoms with van der Waals surface area (Å²) >= 11 is 6.42. The number of non-ortho nitro benzene ring substituents is 1. The molecule has 32 heavy (non-hydrogen) atoms. The lowest BCUT2D eigenvalue weighted by atomic mass is 10.2. The van der Waals surface area contributed by atoms with Gasteiger partial charge in [-0.2, -0.15) is 0 Å². The minimum Gasteiger partial charge on any atom is -0.506 e. The fourth-order valence-electron chi connectivity index (χ4n) is 2.83. The number of benzene rings is 2. The molecule has 0 unspecified atom stereocenters. The second-order valence-corrected chi connectivity index (χ2v) is 8.27. The number of phenolic OH excluding ortho intramolecular Hbond substituents is 1. The molecule has 1 aliphatic heterocycles. The Labute approximate surface area is 193 Å². The zero-order valence-corrected chi connectivity index (χ0v) is 18.6. The molecule has 1 aliphatic rings. The highest BCUT2D eigenvalue weighted by atomic mass is 32.2. The Balaban J connectivity index is 1.61. The first-order valence-corrected chi connectivity index (χ1v) is 10.8. The molecule has 1 fully saturated rings. The molecular weight excluding hydrogens is 454 g/mol. The Morgan fingerprint density at radius 2 is 2.03 bits per heavy atom. The maximum atomic E-state index is 12.7. The van der Waals surface area contributed by atoms with Crippen LogP contribution in [0.2, 0.25) is 0 Å². The fraction of sp³-hybridized carbons (Fsp3) is 0.190. The second kappa shape index (κ2) is 10.2. The van der Waals surface area contributed by atoms with Gasteiger partial charge in [-0.3, -0.25) is 24.6 Å². The maximum absolute atomic E-state index is 12.7. The molecule has 11 heteroatoms. The number of anilines is 1. The number of thioether (sulfide) groups is 1. The van der Waals surface area contributed by atoms with Gasteiger partial charge >= 0.3 is 0 Å². The van der Waals surface area contributed by atoms with E-state index in [-0.39, 0.29) is 36.0 Å². The topological polar surface area (TPSA) is 122 Å². The van der Waals surface area contributed by atoms with Crippen LogP contribution in [-0.2, 0) is 9.59 Å². The van der Waals surface area contributed by atoms with Crippen molar-refractivity contribution in [2.45, 2.75) is 13.3 Å². The number of hydrogen-bond acceptors (Lipinski definition) is 8. The number of rotatable bonds is 8. The van der Waals surface area contributed by atoms with E-state index in [1.807, 2.05) is 31.2 Å². The molecule has 2 aromatic rings. The van der Waals surface area contributed by atoms with Gasteiger partial charge in [0, 0.05) is 25.1 Å². The molecule has 1 heterocycles. The molecule has 0 saturated carbocycles. The van der Waals surface area contributed by atoms with Gasteiger partial charge < -0.3 is 15.2 Å². The zero-order valence-electron chi connectivity index (χ0n) is 16.9. The predicted molar refractivity (Wildman–Crippen MR) is 125 cm³/mol. The molecule has 9 nitrogen and oxygen atoms in total. The minimum absolute atomic E-state index is 0.0345. The van der Waals surface area contributed by atoms with Crippen LogP contribution < -0.4 is 10.1 Å². The van der Waals surface area contributed by atoms with Gasteiger partial charge in [-0.25, -0.2) is 0 Å². The first-order chi connectivity index (χ1) is 15.3. The lowest BCUT2D eigenvalue weighted by Gasteiger charge is -2.14. The highest BCUT2D eigenvalue weighted by molar-refractivity contribution is 8.26. The second-order valence-electron chi connectivity index (χ2n) is 6.59. The summed E-state index contributed by atoms with van der Waals surface area (Å²) in [6, 6.07) is 10.6. The molecule has 0 atom stereocenters. The number of phenols is 1. The Hall–Kier alpha value is -3.44. The zero-order chi connectivity index (χ0) is 23.3. The third-order valence-electron chi connectivity index (χ3n) is 4.39. The highest BCUT2D eigenvalue weighted by Gasteiger charge is 2.32. The highest BCUT2D eigenvalue weighted by Crippen LogP contribution is 2.33. The molecule has 0 aromatic heterocycles. The molecule has 1 saturated heterocycles. The van der Waals surface area contributed by atoms with E-state index in [2.05, 4.69) is 5.32 Å². The van der Waals surface area contributed by atoms with Gasteiger partial charge in [0.05, 0.1) is 22.1 Å². The quantitative estimate of drug-likeness (QED) is 0.194. The van der Waals surface area contributed by atoms with E-state index in [4.69, 9.17) is 17.0 Å². The number of nitro benzene ring substituents is 1. The molecule has 2 amide bonds. The van der Waals surface area contributed by atoms with Crippen LogP contribution in [0.25, 0.3) is 6.08 Å². The van der Waals surface area contributed by atoms with Crippen LogP contribution in [0.15, 0.2) is 47.4 Å². The van der Waals surface area contributed by atoms with Crippen LogP contribution in [0.1, 0.15) is 18.9 Å². The third-order valence-corrected chi connectivity index (χ3v) is 5.77. The van der Waals surface area contributed by atoms with Crippen molar-refractivity contribution in [2.75, 3.05) is 18.5 Å². The van der Waals surface area contributed by atoms with Crippen LogP contribution in [-0.4, -0.2) is 44.2 Å². The van der Waals surface area contributed by atoms with E-state index in [1.54, 1.807) is 6.08 Å². The van der Waals surface area contributed by atoms with Crippen molar-refractivity contribution >= 4 is 57.6 Å². The lowest BCUT2D eigenvalue weighted by molar-refractivity contribution is -0.384. The average Bonchev–Trinajstić information content (AvgIpc) is 3.02. The smallest absolute Gasteiger partial charge is 0.271 e. The van der Waals surface area contributed by atoms with Crippen LogP contribution >= 0.6 is 24.0 Å². The summed E-state index contributed by atoms with van der Waals surface area (Å²) in [6.07, 6.45) is 1.61. The number of carbonyl (C=O) groups is 2. The molecule has 0 radical (unpaired) electrons. The van der Waals surface area contributed by atoms with Gasteiger partial charge in [-0.05, 0) is 36.8 Å². The van der Waals surface area contributed by atoms with Crippen molar-refractivity contribution in [3.63, 3.8) is 0 Å². The molecule has 3 rings (SSSR count). The number of nitro groups is 1. The molecular formula is C21H19N3O6S2. The molecule has 166 valence electrons. The van der Waals surface area contributed by atoms with E-state index in [0.29, 0.717) is 15.8 Å². The first-order valence-electron chi connectivity index (χ1n) is 9.54. The van der Waals surface area contributed by atoms with Crippen molar-refractivity contribution in [2.24, 2.45) is 0 Å². The monoisotopic (exact) mass is 473 g/mol. The van der Waals surface area contributed by atoms with Crippen LogP contribution in [0, 0.1) is 10.1 Å².